The van der Waals surface area contributed by atoms with Crippen molar-refractivity contribution in [1.29, 1.82) is 5.26 Å². The van der Waals surface area contributed by atoms with Crippen molar-refractivity contribution in [1.82, 2.24) is 4.98 Å². The first-order chi connectivity index (χ1) is 7.81. The van der Waals surface area contributed by atoms with Crippen molar-refractivity contribution >= 4 is 17.2 Å². The zero-order valence-corrected chi connectivity index (χ0v) is 9.74. The Morgan fingerprint density at radius 2 is 2.31 bits per heavy atom. The maximum Gasteiger partial charge on any atom is 0.146 e. The molecule has 0 aliphatic heterocycles. The third-order valence-corrected chi connectivity index (χ3v) is 3.10. The van der Waals surface area contributed by atoms with Gasteiger partial charge >= 0.3 is 0 Å². The average molecular weight is 229 g/mol. The van der Waals surface area contributed by atoms with E-state index in [0.717, 1.165) is 12.4 Å². The Morgan fingerprint density at radius 3 is 3.00 bits per heavy atom. The second-order valence-corrected chi connectivity index (χ2v) is 4.45. The number of pyridine rings is 1. The maximum absolute atomic E-state index is 8.98. The molecule has 0 N–H and O–H groups in total. The molecule has 2 rings (SSSR count). The summed E-state index contributed by atoms with van der Waals surface area (Å²) in [6.45, 7) is 0.781. The van der Waals surface area contributed by atoms with Crippen LogP contribution in [0.15, 0.2) is 35.8 Å². The van der Waals surface area contributed by atoms with E-state index in [1.54, 1.807) is 29.7 Å². The van der Waals surface area contributed by atoms with Crippen LogP contribution in [0, 0.1) is 11.3 Å². The van der Waals surface area contributed by atoms with Crippen LogP contribution < -0.4 is 4.90 Å². The van der Waals surface area contributed by atoms with Gasteiger partial charge in [-0.25, -0.2) is 4.98 Å². The fourth-order valence-electron chi connectivity index (χ4n) is 1.50. The Morgan fingerprint density at radius 1 is 1.44 bits per heavy atom. The van der Waals surface area contributed by atoms with E-state index in [-0.39, 0.29) is 0 Å². The number of thiophene rings is 1. The summed E-state index contributed by atoms with van der Waals surface area (Å²) in [6, 6.07) is 9.82. The van der Waals surface area contributed by atoms with E-state index >= 15 is 0 Å². The highest BCUT2D eigenvalue weighted by Crippen LogP contribution is 2.18. The van der Waals surface area contributed by atoms with E-state index in [4.69, 9.17) is 5.26 Å². The molecule has 0 unspecified atom stereocenters. The van der Waals surface area contributed by atoms with Crippen molar-refractivity contribution in [3.63, 3.8) is 0 Å². The first-order valence-electron chi connectivity index (χ1n) is 4.90. The van der Waals surface area contributed by atoms with Gasteiger partial charge in [0.25, 0.3) is 0 Å². The highest BCUT2D eigenvalue weighted by molar-refractivity contribution is 7.09. The van der Waals surface area contributed by atoms with Crippen LogP contribution >= 0.6 is 11.3 Å². The zero-order chi connectivity index (χ0) is 11.4. The van der Waals surface area contributed by atoms with Crippen LogP contribution in [0.1, 0.15) is 10.4 Å². The summed E-state index contributed by atoms with van der Waals surface area (Å²) in [4.78, 5) is 7.49. The van der Waals surface area contributed by atoms with Gasteiger partial charge in [0, 0.05) is 18.1 Å². The van der Waals surface area contributed by atoms with Crippen molar-refractivity contribution in [2.75, 3.05) is 11.9 Å². The topological polar surface area (TPSA) is 39.9 Å². The molecular weight excluding hydrogens is 218 g/mol. The van der Waals surface area contributed by atoms with E-state index in [1.807, 2.05) is 23.4 Å². The van der Waals surface area contributed by atoms with Gasteiger partial charge in [-0.15, -0.1) is 11.3 Å². The Hall–Kier alpha value is -1.86. The lowest BCUT2D eigenvalue weighted by atomic mass is 10.2. The molecule has 4 heteroatoms. The number of hydrogen-bond acceptors (Lipinski definition) is 4. The van der Waals surface area contributed by atoms with Crippen LogP contribution in [0.2, 0.25) is 0 Å². The number of rotatable bonds is 3. The molecule has 0 saturated carbocycles. The lowest BCUT2D eigenvalue weighted by molar-refractivity contribution is 0.909. The van der Waals surface area contributed by atoms with Gasteiger partial charge in [-0.1, -0.05) is 6.07 Å². The monoisotopic (exact) mass is 229 g/mol. The highest BCUT2D eigenvalue weighted by atomic mass is 32.1. The standard InChI is InChI=1S/C12H11N3S/c1-15(9-11-5-3-7-16-11)12-10(8-13)4-2-6-14-12/h2-7H,9H2,1H3. The SMILES string of the molecule is CN(Cc1cccs1)c1ncccc1C#N. The third-order valence-electron chi connectivity index (χ3n) is 2.24. The minimum atomic E-state index is 0.613. The molecule has 3 nitrogen and oxygen atoms in total. The van der Waals surface area contributed by atoms with Crippen molar-refractivity contribution in [2.45, 2.75) is 6.54 Å². The molecule has 0 amide bonds. The van der Waals surface area contributed by atoms with Crippen LogP contribution in [0.4, 0.5) is 5.82 Å². The number of anilines is 1. The van der Waals surface area contributed by atoms with Gasteiger partial charge < -0.3 is 4.90 Å². The van der Waals surface area contributed by atoms with Crippen molar-refractivity contribution < 1.29 is 0 Å². The smallest absolute Gasteiger partial charge is 0.146 e. The molecule has 0 bridgehead atoms. The van der Waals surface area contributed by atoms with E-state index in [9.17, 15) is 0 Å². The van der Waals surface area contributed by atoms with Gasteiger partial charge in [0.15, 0.2) is 0 Å². The lowest BCUT2D eigenvalue weighted by Gasteiger charge is -2.17. The third kappa shape index (κ3) is 2.20. The Kier molecular flexibility index (Phi) is 3.18. The van der Waals surface area contributed by atoms with Gasteiger partial charge in [-0.3, -0.25) is 0 Å². The van der Waals surface area contributed by atoms with Crippen LogP contribution in [0.25, 0.3) is 0 Å². The van der Waals surface area contributed by atoms with Crippen LogP contribution in [0.5, 0.6) is 0 Å². The lowest BCUT2D eigenvalue weighted by Crippen LogP contribution is -2.18. The predicted octanol–water partition coefficient (Wildman–Crippen LogP) is 2.65. The largest absolute Gasteiger partial charge is 0.353 e. The van der Waals surface area contributed by atoms with Crippen LogP contribution in [0.3, 0.4) is 0 Å². The summed E-state index contributed by atoms with van der Waals surface area (Å²) in [7, 11) is 1.95. The van der Waals surface area contributed by atoms with Crippen LogP contribution in [-0.2, 0) is 6.54 Å². The first kappa shape index (κ1) is 10.7. The molecule has 2 heterocycles. The van der Waals surface area contributed by atoms with Crippen molar-refractivity contribution in [2.24, 2.45) is 0 Å². The number of nitrogens with zero attached hydrogens (tertiary/aromatic N) is 3. The van der Waals surface area contributed by atoms with Gasteiger partial charge in [-0.05, 0) is 23.6 Å². The predicted molar refractivity (Wildman–Crippen MR) is 65.4 cm³/mol. The molecule has 2 aromatic heterocycles. The molecule has 80 valence electrons. The fraction of sp³-hybridized carbons (Fsp3) is 0.167. The molecule has 0 aliphatic rings. The first-order valence-corrected chi connectivity index (χ1v) is 5.78. The maximum atomic E-state index is 8.98. The number of hydrogen-bond donors (Lipinski definition) is 0. The Balaban J connectivity index is 2.21. The Bertz CT molecular complexity index is 499. The summed E-state index contributed by atoms with van der Waals surface area (Å²) in [5.41, 5.74) is 0.613. The van der Waals surface area contributed by atoms with Gasteiger partial charge in [0.1, 0.15) is 11.9 Å². The van der Waals surface area contributed by atoms with E-state index in [2.05, 4.69) is 17.1 Å². The Labute approximate surface area is 98.6 Å². The van der Waals surface area contributed by atoms with Crippen molar-refractivity contribution in [3.05, 3.63) is 46.3 Å². The summed E-state index contributed by atoms with van der Waals surface area (Å²) in [6.07, 6.45) is 1.71. The molecule has 0 spiro atoms. The summed E-state index contributed by atoms with van der Waals surface area (Å²) in [5.74, 6) is 0.735. The summed E-state index contributed by atoms with van der Waals surface area (Å²) >= 11 is 1.71. The second-order valence-electron chi connectivity index (χ2n) is 3.42. The fourth-order valence-corrected chi connectivity index (χ4v) is 2.26. The quantitative estimate of drug-likeness (QED) is 0.812. The van der Waals surface area contributed by atoms with Gasteiger partial charge in [-0.2, -0.15) is 5.26 Å². The van der Waals surface area contributed by atoms with E-state index < -0.39 is 0 Å². The molecule has 16 heavy (non-hydrogen) atoms. The highest BCUT2D eigenvalue weighted by Gasteiger charge is 2.08. The summed E-state index contributed by atoms with van der Waals surface area (Å²) in [5, 5.41) is 11.0. The molecule has 0 fully saturated rings. The molecular formula is C12H11N3S. The van der Waals surface area contributed by atoms with E-state index in [0.29, 0.717) is 5.56 Å². The summed E-state index contributed by atoms with van der Waals surface area (Å²) < 4.78 is 0. The normalized spacial score (nSPS) is 9.75. The second kappa shape index (κ2) is 4.77. The molecule has 0 saturated heterocycles. The number of aromatic nitrogens is 1. The zero-order valence-electron chi connectivity index (χ0n) is 8.92. The van der Waals surface area contributed by atoms with Crippen LogP contribution in [-0.4, -0.2) is 12.0 Å². The minimum absolute atomic E-state index is 0.613. The molecule has 0 atom stereocenters. The number of nitriles is 1. The molecule has 0 radical (unpaired) electrons. The molecule has 0 aliphatic carbocycles. The average Bonchev–Trinajstić information content (AvgIpc) is 2.81. The minimum Gasteiger partial charge on any atom is -0.353 e. The van der Waals surface area contributed by atoms with E-state index in [1.165, 1.54) is 4.88 Å². The molecule has 0 aromatic carbocycles. The van der Waals surface area contributed by atoms with Gasteiger partial charge in [0.05, 0.1) is 12.1 Å². The van der Waals surface area contributed by atoms with Gasteiger partial charge in [0.2, 0.25) is 0 Å². The molecule has 2 aromatic rings. The van der Waals surface area contributed by atoms with Crippen molar-refractivity contribution in [3.8, 4) is 6.07 Å².